The van der Waals surface area contributed by atoms with Crippen LogP contribution in [0.3, 0.4) is 0 Å². The summed E-state index contributed by atoms with van der Waals surface area (Å²) in [5, 5.41) is 13.6. The van der Waals surface area contributed by atoms with Crippen molar-refractivity contribution in [2.24, 2.45) is 0 Å². The maximum absolute atomic E-state index is 13.1. The third kappa shape index (κ3) is 3.62. The fourth-order valence-corrected chi connectivity index (χ4v) is 2.03. The van der Waals surface area contributed by atoms with E-state index in [1.165, 1.54) is 12.1 Å². The van der Waals surface area contributed by atoms with Crippen LogP contribution in [0.1, 0.15) is 11.7 Å². The molecular formula is C15H15ClFNO2. The molecule has 1 atom stereocenters. The summed E-state index contributed by atoms with van der Waals surface area (Å²) in [6, 6.07) is 11.0. The Bertz CT molecular complexity index is 592. The Balaban J connectivity index is 2.06. The number of ether oxygens (including phenoxy) is 1. The van der Waals surface area contributed by atoms with Gasteiger partial charge in [-0.05, 0) is 35.9 Å². The molecule has 0 fully saturated rings. The van der Waals surface area contributed by atoms with Crippen molar-refractivity contribution < 1.29 is 14.2 Å². The van der Waals surface area contributed by atoms with Crippen LogP contribution in [0.25, 0.3) is 0 Å². The summed E-state index contributed by atoms with van der Waals surface area (Å²) in [6.07, 6.45) is -0.825. The first-order valence-corrected chi connectivity index (χ1v) is 6.49. The van der Waals surface area contributed by atoms with Crippen LogP contribution in [-0.4, -0.2) is 18.8 Å². The van der Waals surface area contributed by atoms with Gasteiger partial charge in [0.2, 0.25) is 0 Å². The van der Waals surface area contributed by atoms with E-state index >= 15 is 0 Å². The van der Waals surface area contributed by atoms with Gasteiger partial charge in [0.15, 0.2) is 0 Å². The van der Waals surface area contributed by atoms with E-state index in [0.29, 0.717) is 22.0 Å². The van der Waals surface area contributed by atoms with Crippen molar-refractivity contribution in [2.75, 3.05) is 19.0 Å². The summed E-state index contributed by atoms with van der Waals surface area (Å²) in [5.41, 5.74) is 1.19. The zero-order valence-electron chi connectivity index (χ0n) is 10.9. The Hall–Kier alpha value is -1.78. The van der Waals surface area contributed by atoms with E-state index in [1.54, 1.807) is 37.4 Å². The van der Waals surface area contributed by atoms with E-state index < -0.39 is 6.10 Å². The average Bonchev–Trinajstić information content (AvgIpc) is 2.45. The quantitative estimate of drug-likeness (QED) is 0.885. The van der Waals surface area contributed by atoms with E-state index in [2.05, 4.69) is 5.32 Å². The zero-order valence-corrected chi connectivity index (χ0v) is 11.7. The van der Waals surface area contributed by atoms with Gasteiger partial charge in [-0.1, -0.05) is 23.7 Å². The fourth-order valence-electron chi connectivity index (χ4n) is 1.86. The average molecular weight is 296 g/mol. The van der Waals surface area contributed by atoms with Crippen LogP contribution >= 0.6 is 11.6 Å². The number of aliphatic hydroxyl groups excluding tert-OH is 1. The molecule has 0 aliphatic rings. The van der Waals surface area contributed by atoms with Crippen LogP contribution in [0.2, 0.25) is 5.02 Å². The van der Waals surface area contributed by atoms with Crippen molar-refractivity contribution in [1.29, 1.82) is 0 Å². The number of halogens is 2. The van der Waals surface area contributed by atoms with Gasteiger partial charge < -0.3 is 15.2 Å². The summed E-state index contributed by atoms with van der Waals surface area (Å²) in [7, 11) is 1.55. The Kier molecular flexibility index (Phi) is 4.82. The van der Waals surface area contributed by atoms with E-state index in [9.17, 15) is 9.50 Å². The lowest BCUT2D eigenvalue weighted by Crippen LogP contribution is -2.12. The molecule has 0 radical (unpaired) electrons. The predicted molar refractivity (Wildman–Crippen MR) is 77.9 cm³/mol. The number of hydrogen-bond donors (Lipinski definition) is 2. The number of aliphatic hydroxyl groups is 1. The Morgan fingerprint density at radius 3 is 2.80 bits per heavy atom. The Morgan fingerprint density at radius 1 is 1.30 bits per heavy atom. The number of benzene rings is 2. The number of methoxy groups -OCH3 is 1. The van der Waals surface area contributed by atoms with Crippen molar-refractivity contribution in [1.82, 2.24) is 0 Å². The number of nitrogens with one attached hydrogen (secondary N) is 1. The van der Waals surface area contributed by atoms with Gasteiger partial charge in [0, 0.05) is 11.6 Å². The summed E-state index contributed by atoms with van der Waals surface area (Å²) >= 11 is 5.92. The highest BCUT2D eigenvalue weighted by molar-refractivity contribution is 6.30. The van der Waals surface area contributed by atoms with Crippen molar-refractivity contribution in [3.8, 4) is 5.75 Å². The number of hydrogen-bond acceptors (Lipinski definition) is 3. The molecule has 2 rings (SSSR count). The van der Waals surface area contributed by atoms with Gasteiger partial charge in [0.25, 0.3) is 0 Å². The van der Waals surface area contributed by atoms with Gasteiger partial charge >= 0.3 is 0 Å². The van der Waals surface area contributed by atoms with Crippen LogP contribution in [-0.2, 0) is 0 Å². The Labute approximate surface area is 122 Å². The summed E-state index contributed by atoms with van der Waals surface area (Å²) < 4.78 is 18.3. The molecule has 0 aliphatic heterocycles. The molecule has 2 aromatic rings. The van der Waals surface area contributed by atoms with Crippen LogP contribution in [0.4, 0.5) is 10.1 Å². The highest BCUT2D eigenvalue weighted by Crippen LogP contribution is 2.28. The molecule has 0 heterocycles. The molecule has 1 unspecified atom stereocenters. The predicted octanol–water partition coefficient (Wildman–Crippen LogP) is 3.63. The normalized spacial score (nSPS) is 12.0. The minimum atomic E-state index is -0.825. The second-order valence-corrected chi connectivity index (χ2v) is 4.73. The monoisotopic (exact) mass is 295 g/mol. The molecular weight excluding hydrogens is 281 g/mol. The standard InChI is InChI=1S/C15H15ClFNO2/c1-20-15-6-5-11(16)8-13(15)18-9-14(19)10-3-2-4-12(17)7-10/h2-8,14,18-19H,9H2,1H3. The second-order valence-electron chi connectivity index (χ2n) is 4.30. The van der Waals surface area contributed by atoms with Crippen molar-refractivity contribution in [2.45, 2.75) is 6.10 Å². The fraction of sp³-hybridized carbons (Fsp3) is 0.200. The third-order valence-electron chi connectivity index (χ3n) is 2.88. The smallest absolute Gasteiger partial charge is 0.142 e. The number of rotatable bonds is 5. The highest BCUT2D eigenvalue weighted by atomic mass is 35.5. The minimum absolute atomic E-state index is 0.222. The van der Waals surface area contributed by atoms with E-state index in [0.717, 1.165) is 0 Å². The van der Waals surface area contributed by atoms with Crippen LogP contribution in [0.5, 0.6) is 5.75 Å². The van der Waals surface area contributed by atoms with E-state index in [1.807, 2.05) is 0 Å². The molecule has 0 spiro atoms. The molecule has 0 bridgehead atoms. The van der Waals surface area contributed by atoms with E-state index in [4.69, 9.17) is 16.3 Å². The molecule has 2 N–H and O–H groups in total. The molecule has 0 aromatic heterocycles. The van der Waals surface area contributed by atoms with Crippen LogP contribution in [0.15, 0.2) is 42.5 Å². The molecule has 20 heavy (non-hydrogen) atoms. The topological polar surface area (TPSA) is 41.5 Å². The summed E-state index contributed by atoms with van der Waals surface area (Å²) in [4.78, 5) is 0. The van der Waals surface area contributed by atoms with Gasteiger partial charge in [-0.3, -0.25) is 0 Å². The van der Waals surface area contributed by atoms with Crippen LogP contribution in [0, 0.1) is 5.82 Å². The molecule has 106 valence electrons. The first-order chi connectivity index (χ1) is 9.60. The molecule has 5 heteroatoms. The minimum Gasteiger partial charge on any atom is -0.495 e. The molecule has 0 aliphatic carbocycles. The molecule has 3 nitrogen and oxygen atoms in total. The zero-order chi connectivity index (χ0) is 14.5. The lowest BCUT2D eigenvalue weighted by atomic mass is 10.1. The maximum Gasteiger partial charge on any atom is 0.142 e. The highest BCUT2D eigenvalue weighted by Gasteiger charge is 2.10. The van der Waals surface area contributed by atoms with Crippen LogP contribution < -0.4 is 10.1 Å². The lowest BCUT2D eigenvalue weighted by molar-refractivity contribution is 0.191. The van der Waals surface area contributed by atoms with Crippen molar-refractivity contribution in [3.05, 3.63) is 58.9 Å². The number of anilines is 1. The van der Waals surface area contributed by atoms with Gasteiger partial charge in [-0.2, -0.15) is 0 Å². The maximum atomic E-state index is 13.1. The van der Waals surface area contributed by atoms with Crippen molar-refractivity contribution in [3.63, 3.8) is 0 Å². The first kappa shape index (κ1) is 14.6. The SMILES string of the molecule is COc1ccc(Cl)cc1NCC(O)c1cccc(F)c1. The van der Waals surface area contributed by atoms with Gasteiger partial charge in [-0.15, -0.1) is 0 Å². The molecule has 0 saturated carbocycles. The second kappa shape index (κ2) is 6.59. The van der Waals surface area contributed by atoms with Gasteiger partial charge in [0.05, 0.1) is 18.9 Å². The third-order valence-corrected chi connectivity index (χ3v) is 3.12. The molecule has 0 amide bonds. The van der Waals surface area contributed by atoms with E-state index in [-0.39, 0.29) is 12.4 Å². The Morgan fingerprint density at radius 2 is 2.10 bits per heavy atom. The molecule has 2 aromatic carbocycles. The largest absolute Gasteiger partial charge is 0.495 e. The van der Waals surface area contributed by atoms with Crippen molar-refractivity contribution >= 4 is 17.3 Å². The molecule has 0 saturated heterocycles. The summed E-state index contributed by atoms with van der Waals surface area (Å²) in [6.45, 7) is 0.222. The van der Waals surface area contributed by atoms with Gasteiger partial charge in [-0.25, -0.2) is 4.39 Å². The van der Waals surface area contributed by atoms with Gasteiger partial charge in [0.1, 0.15) is 11.6 Å². The lowest BCUT2D eigenvalue weighted by Gasteiger charge is -2.15. The summed E-state index contributed by atoms with van der Waals surface area (Å²) in [5.74, 6) is 0.253. The first-order valence-electron chi connectivity index (χ1n) is 6.11.